The lowest BCUT2D eigenvalue weighted by atomic mass is 10.2. The molecule has 9 heteroatoms. The van der Waals surface area contributed by atoms with Gasteiger partial charge in [-0.15, -0.1) is 22.0 Å². The summed E-state index contributed by atoms with van der Waals surface area (Å²) in [5.74, 6) is 1.37. The summed E-state index contributed by atoms with van der Waals surface area (Å²) in [6, 6.07) is 25.4. The Morgan fingerprint density at radius 1 is 1.03 bits per heavy atom. The highest BCUT2D eigenvalue weighted by molar-refractivity contribution is 7.99. The Balaban J connectivity index is 1.48. The molecule has 1 heterocycles. The summed E-state index contributed by atoms with van der Waals surface area (Å²) in [5, 5.41) is 13.4. The normalized spacial score (nSPS) is 11.0. The van der Waals surface area contributed by atoms with Crippen molar-refractivity contribution in [2.24, 2.45) is 5.10 Å². The highest BCUT2D eigenvalue weighted by atomic mass is 32.2. The first-order valence-electron chi connectivity index (χ1n) is 10.4. The summed E-state index contributed by atoms with van der Waals surface area (Å²) in [5.41, 5.74) is 5.29. The number of methoxy groups -OCH3 is 1. The van der Waals surface area contributed by atoms with Crippen molar-refractivity contribution in [2.45, 2.75) is 10.1 Å². The summed E-state index contributed by atoms with van der Waals surface area (Å²) >= 11 is 2.97. The minimum atomic E-state index is -0.229. The third-order valence-electron chi connectivity index (χ3n) is 4.85. The third kappa shape index (κ3) is 5.86. The molecule has 0 unspecified atom stereocenters. The van der Waals surface area contributed by atoms with Crippen molar-refractivity contribution >= 4 is 35.6 Å². The van der Waals surface area contributed by atoms with Gasteiger partial charge in [-0.3, -0.25) is 9.36 Å². The van der Waals surface area contributed by atoms with Crippen molar-refractivity contribution < 1.29 is 9.53 Å². The lowest BCUT2D eigenvalue weighted by molar-refractivity contribution is -0.118. The van der Waals surface area contributed by atoms with Crippen molar-refractivity contribution in [3.63, 3.8) is 0 Å². The van der Waals surface area contributed by atoms with Crippen LogP contribution in [0.2, 0.25) is 0 Å². The predicted molar refractivity (Wildman–Crippen MR) is 138 cm³/mol. The van der Waals surface area contributed by atoms with Crippen molar-refractivity contribution in [3.05, 3.63) is 84.4 Å². The number of ether oxygens (including phenoxy) is 1. The molecule has 4 rings (SSSR count). The fourth-order valence-corrected chi connectivity index (χ4v) is 4.29. The first-order chi connectivity index (χ1) is 16.7. The molecule has 1 N–H and O–H groups in total. The summed E-state index contributed by atoms with van der Waals surface area (Å²) in [6.07, 6.45) is 3.65. The number of carbonyl (C=O) groups is 1. The highest BCUT2D eigenvalue weighted by Crippen LogP contribution is 2.28. The number of rotatable bonds is 9. The number of aromatic nitrogens is 3. The molecule has 4 aromatic rings. The zero-order valence-electron chi connectivity index (χ0n) is 18.7. The van der Waals surface area contributed by atoms with Crippen LogP contribution in [-0.2, 0) is 4.79 Å². The molecule has 0 aliphatic carbocycles. The number of hydrogen-bond acceptors (Lipinski definition) is 7. The molecule has 0 saturated carbocycles. The van der Waals surface area contributed by atoms with Crippen LogP contribution >= 0.6 is 23.5 Å². The Bertz CT molecular complexity index is 1260. The van der Waals surface area contributed by atoms with Crippen LogP contribution in [0.15, 0.2) is 94.0 Å². The number of thioether (sulfide) groups is 2. The van der Waals surface area contributed by atoms with Gasteiger partial charge in [-0.25, -0.2) is 5.43 Å². The van der Waals surface area contributed by atoms with Gasteiger partial charge in [0.2, 0.25) is 0 Å². The standard InChI is InChI=1S/C25H23N5O2S2/c1-32-21-12-10-20(11-13-21)30-24(19-6-4-3-5-7-19)28-29-25(30)34-17-23(31)27-26-16-18-8-14-22(33-2)15-9-18/h3-16H,17H2,1-2H3,(H,27,31)/b26-16-. The lowest BCUT2D eigenvalue weighted by Crippen LogP contribution is -2.20. The van der Waals surface area contributed by atoms with Gasteiger partial charge in [0.1, 0.15) is 5.75 Å². The third-order valence-corrected chi connectivity index (χ3v) is 6.52. The molecule has 172 valence electrons. The van der Waals surface area contributed by atoms with E-state index in [2.05, 4.69) is 20.7 Å². The van der Waals surface area contributed by atoms with E-state index >= 15 is 0 Å². The van der Waals surface area contributed by atoms with Crippen LogP contribution in [0.5, 0.6) is 5.75 Å². The maximum atomic E-state index is 12.4. The summed E-state index contributed by atoms with van der Waals surface area (Å²) in [6.45, 7) is 0. The van der Waals surface area contributed by atoms with Gasteiger partial charge in [0.25, 0.3) is 5.91 Å². The van der Waals surface area contributed by atoms with Gasteiger partial charge in [0, 0.05) is 16.1 Å². The van der Waals surface area contributed by atoms with Crippen LogP contribution < -0.4 is 10.2 Å². The van der Waals surface area contributed by atoms with Crippen molar-refractivity contribution in [1.82, 2.24) is 20.2 Å². The van der Waals surface area contributed by atoms with E-state index in [-0.39, 0.29) is 11.7 Å². The predicted octanol–water partition coefficient (Wildman–Crippen LogP) is 4.91. The van der Waals surface area contributed by atoms with Crippen molar-refractivity contribution in [2.75, 3.05) is 19.1 Å². The second-order valence-corrected chi connectivity index (χ2v) is 8.88. The second kappa shape index (κ2) is 11.5. The van der Waals surface area contributed by atoms with Gasteiger partial charge in [-0.05, 0) is 48.2 Å². The Labute approximate surface area is 206 Å². The van der Waals surface area contributed by atoms with Gasteiger partial charge in [0.05, 0.1) is 19.1 Å². The van der Waals surface area contributed by atoms with E-state index in [1.165, 1.54) is 16.7 Å². The van der Waals surface area contributed by atoms with Gasteiger partial charge < -0.3 is 4.74 Å². The van der Waals surface area contributed by atoms with Crippen LogP contribution in [0.3, 0.4) is 0 Å². The minimum absolute atomic E-state index is 0.145. The molecule has 0 atom stereocenters. The van der Waals surface area contributed by atoms with Crippen molar-refractivity contribution in [3.8, 4) is 22.8 Å². The largest absolute Gasteiger partial charge is 0.497 e. The number of hydrazone groups is 1. The molecule has 7 nitrogen and oxygen atoms in total. The molecule has 0 fully saturated rings. The quantitative estimate of drug-likeness (QED) is 0.204. The topological polar surface area (TPSA) is 81.4 Å². The molecule has 0 aliphatic heterocycles. The highest BCUT2D eigenvalue weighted by Gasteiger charge is 2.17. The van der Waals surface area contributed by atoms with Gasteiger partial charge >= 0.3 is 0 Å². The fraction of sp³-hybridized carbons (Fsp3) is 0.120. The van der Waals surface area contributed by atoms with E-state index in [0.29, 0.717) is 11.0 Å². The first-order valence-corrected chi connectivity index (χ1v) is 12.6. The number of benzene rings is 3. The Morgan fingerprint density at radius 2 is 1.76 bits per heavy atom. The molecule has 3 aromatic carbocycles. The van der Waals surface area contributed by atoms with E-state index in [4.69, 9.17) is 4.74 Å². The molecule has 0 saturated heterocycles. The smallest absolute Gasteiger partial charge is 0.250 e. The van der Waals surface area contributed by atoms with Gasteiger partial charge in [-0.2, -0.15) is 5.10 Å². The number of hydrogen-bond donors (Lipinski definition) is 1. The van der Waals surface area contributed by atoms with E-state index in [1.54, 1.807) is 25.1 Å². The van der Waals surface area contributed by atoms with Gasteiger partial charge in [0.15, 0.2) is 11.0 Å². The molecule has 0 spiro atoms. The maximum Gasteiger partial charge on any atom is 0.250 e. The van der Waals surface area contributed by atoms with E-state index in [9.17, 15) is 4.79 Å². The van der Waals surface area contributed by atoms with Crippen LogP contribution in [0.25, 0.3) is 17.1 Å². The average Bonchev–Trinajstić information content (AvgIpc) is 3.32. The van der Waals surface area contributed by atoms with E-state index in [0.717, 1.165) is 22.6 Å². The minimum Gasteiger partial charge on any atom is -0.497 e. The van der Waals surface area contributed by atoms with E-state index < -0.39 is 0 Å². The fourth-order valence-electron chi connectivity index (χ4n) is 3.13. The molecule has 1 amide bonds. The molecule has 0 bridgehead atoms. The maximum absolute atomic E-state index is 12.4. The Hall–Kier alpha value is -3.56. The summed E-state index contributed by atoms with van der Waals surface area (Å²) in [7, 11) is 1.63. The number of carbonyl (C=O) groups excluding carboxylic acids is 1. The van der Waals surface area contributed by atoms with E-state index in [1.807, 2.05) is 89.7 Å². The van der Waals surface area contributed by atoms with Crippen LogP contribution in [0.4, 0.5) is 0 Å². The Morgan fingerprint density at radius 3 is 2.44 bits per heavy atom. The summed E-state index contributed by atoms with van der Waals surface area (Å²) in [4.78, 5) is 13.6. The lowest BCUT2D eigenvalue weighted by Gasteiger charge is -2.11. The first kappa shape index (κ1) is 23.6. The monoisotopic (exact) mass is 489 g/mol. The zero-order valence-corrected chi connectivity index (χ0v) is 20.3. The number of amides is 1. The molecule has 34 heavy (non-hydrogen) atoms. The van der Waals surface area contributed by atoms with Crippen molar-refractivity contribution in [1.29, 1.82) is 0 Å². The molecule has 0 aliphatic rings. The molecular weight excluding hydrogens is 466 g/mol. The SMILES string of the molecule is COc1ccc(-n2c(SCC(=O)N/N=C\c3ccc(SC)cc3)nnc2-c2ccccc2)cc1. The van der Waals surface area contributed by atoms with Gasteiger partial charge in [-0.1, -0.05) is 54.2 Å². The molecule has 0 radical (unpaired) electrons. The number of nitrogens with zero attached hydrogens (tertiary/aromatic N) is 4. The zero-order chi connectivity index (χ0) is 23.8. The van der Waals surface area contributed by atoms with Crippen LogP contribution in [0.1, 0.15) is 5.56 Å². The number of nitrogens with one attached hydrogen (secondary N) is 1. The second-order valence-electron chi connectivity index (χ2n) is 7.06. The molecule has 1 aromatic heterocycles. The van der Waals surface area contributed by atoms with Crippen LogP contribution in [-0.4, -0.2) is 46.0 Å². The average molecular weight is 490 g/mol. The molecular formula is C25H23N5O2S2. The summed E-state index contributed by atoms with van der Waals surface area (Å²) < 4.78 is 7.21. The Kier molecular flexibility index (Phi) is 8.00. The van der Waals surface area contributed by atoms with Crippen LogP contribution in [0, 0.1) is 0 Å².